The Kier molecular flexibility index (Phi) is 3.15. The molecule has 0 radical (unpaired) electrons. The Morgan fingerprint density at radius 2 is 2.17 bits per heavy atom. The van der Waals surface area contributed by atoms with Crippen LogP contribution < -0.4 is 4.90 Å². The van der Waals surface area contributed by atoms with Gasteiger partial charge in [-0.05, 0) is 52.0 Å². The lowest BCUT2D eigenvalue weighted by Crippen LogP contribution is -2.39. The van der Waals surface area contributed by atoms with Gasteiger partial charge in [0.1, 0.15) is 0 Å². The fraction of sp³-hybridized carbons (Fsp3) is 0.833. The third kappa shape index (κ3) is 2.19. The van der Waals surface area contributed by atoms with Crippen molar-refractivity contribution in [1.29, 1.82) is 0 Å². The van der Waals surface area contributed by atoms with E-state index in [0.29, 0.717) is 12.1 Å². The minimum Gasteiger partial charge on any atom is -0.337 e. The maximum atomic E-state index is 5.36. The molecule has 1 aromatic heterocycles. The Morgan fingerprint density at radius 3 is 2.83 bits per heavy atom. The second-order valence-electron chi connectivity index (χ2n) is 5.68. The number of H-pyrrole nitrogens is 1. The van der Waals surface area contributed by atoms with Crippen molar-refractivity contribution < 1.29 is 0 Å². The van der Waals surface area contributed by atoms with E-state index in [9.17, 15) is 0 Å². The lowest BCUT2D eigenvalue weighted by molar-refractivity contribution is 0.370. The van der Waals surface area contributed by atoms with Gasteiger partial charge in [-0.25, -0.2) is 5.10 Å². The van der Waals surface area contributed by atoms with Crippen LogP contribution >= 0.6 is 12.2 Å². The predicted octanol–water partition coefficient (Wildman–Crippen LogP) is 1.81. The molecule has 0 spiro atoms. The molecule has 1 aliphatic heterocycles. The van der Waals surface area contributed by atoms with Crippen LogP contribution in [0.2, 0.25) is 0 Å². The first-order chi connectivity index (χ1) is 8.66. The highest BCUT2D eigenvalue weighted by molar-refractivity contribution is 7.71. The molecule has 0 bridgehead atoms. The lowest BCUT2D eigenvalue weighted by Gasteiger charge is -2.28. The van der Waals surface area contributed by atoms with Crippen LogP contribution in [0.5, 0.6) is 0 Å². The van der Waals surface area contributed by atoms with E-state index in [2.05, 4.69) is 38.7 Å². The van der Waals surface area contributed by atoms with Crippen molar-refractivity contribution in [3.8, 4) is 0 Å². The zero-order valence-corrected chi connectivity index (χ0v) is 11.9. The Balaban J connectivity index is 1.87. The molecule has 1 atom stereocenters. The van der Waals surface area contributed by atoms with Gasteiger partial charge in [-0.15, -0.1) is 5.10 Å². The van der Waals surface area contributed by atoms with Gasteiger partial charge in [-0.1, -0.05) is 0 Å². The third-order valence-electron chi connectivity index (χ3n) is 3.81. The van der Waals surface area contributed by atoms with E-state index in [1.165, 1.54) is 25.7 Å². The summed E-state index contributed by atoms with van der Waals surface area (Å²) in [7, 11) is 4.27. The van der Waals surface area contributed by atoms with E-state index >= 15 is 0 Å². The van der Waals surface area contributed by atoms with Crippen molar-refractivity contribution in [1.82, 2.24) is 19.7 Å². The van der Waals surface area contributed by atoms with E-state index in [1.807, 2.05) is 0 Å². The number of anilines is 1. The number of aromatic amines is 1. The molecule has 2 fully saturated rings. The van der Waals surface area contributed by atoms with Crippen LogP contribution in [0.4, 0.5) is 5.95 Å². The molecule has 1 aromatic rings. The van der Waals surface area contributed by atoms with Crippen LogP contribution in [0, 0.1) is 4.77 Å². The van der Waals surface area contributed by atoms with Crippen LogP contribution in [-0.4, -0.2) is 52.9 Å². The van der Waals surface area contributed by atoms with Crippen molar-refractivity contribution in [3.05, 3.63) is 4.77 Å². The van der Waals surface area contributed by atoms with Crippen molar-refractivity contribution in [2.75, 3.05) is 32.1 Å². The predicted molar refractivity (Wildman–Crippen MR) is 74.6 cm³/mol. The topological polar surface area (TPSA) is 40.1 Å². The molecule has 5 nitrogen and oxygen atoms in total. The highest BCUT2D eigenvalue weighted by Crippen LogP contribution is 2.39. The number of hydrogen-bond donors (Lipinski definition) is 1. The second-order valence-corrected chi connectivity index (χ2v) is 6.07. The first-order valence-electron chi connectivity index (χ1n) is 6.75. The lowest BCUT2D eigenvalue weighted by atomic mass is 10.2. The summed E-state index contributed by atoms with van der Waals surface area (Å²) in [5, 5.41) is 7.44. The van der Waals surface area contributed by atoms with E-state index in [1.54, 1.807) is 0 Å². The van der Waals surface area contributed by atoms with Crippen LogP contribution in [-0.2, 0) is 0 Å². The van der Waals surface area contributed by atoms with Gasteiger partial charge in [0.25, 0.3) is 0 Å². The SMILES string of the molecule is CN(C)CC1CCCN1c1n[nH]c(=S)n1C1CC1. The quantitative estimate of drug-likeness (QED) is 0.845. The number of nitrogens with zero attached hydrogens (tertiary/aromatic N) is 4. The number of hydrogen-bond acceptors (Lipinski definition) is 4. The van der Waals surface area contributed by atoms with Crippen molar-refractivity contribution in [2.24, 2.45) is 0 Å². The summed E-state index contributed by atoms with van der Waals surface area (Å²) in [5.74, 6) is 1.06. The van der Waals surface area contributed by atoms with E-state index < -0.39 is 0 Å². The van der Waals surface area contributed by atoms with E-state index in [-0.39, 0.29) is 0 Å². The first-order valence-corrected chi connectivity index (χ1v) is 7.16. The molecule has 1 saturated carbocycles. The summed E-state index contributed by atoms with van der Waals surface area (Å²) in [6.45, 7) is 2.19. The van der Waals surface area contributed by atoms with Gasteiger partial charge in [0.05, 0.1) is 0 Å². The summed E-state index contributed by atoms with van der Waals surface area (Å²) in [6, 6.07) is 1.16. The number of likely N-dealkylation sites (N-methyl/N-ethyl adjacent to an activating group) is 1. The van der Waals surface area contributed by atoms with Gasteiger partial charge in [-0.3, -0.25) is 4.57 Å². The minimum absolute atomic E-state index is 0.572. The van der Waals surface area contributed by atoms with Crippen LogP contribution in [0.3, 0.4) is 0 Å². The smallest absolute Gasteiger partial charge is 0.226 e. The van der Waals surface area contributed by atoms with Crippen LogP contribution in [0.15, 0.2) is 0 Å². The van der Waals surface area contributed by atoms with Crippen LogP contribution in [0.25, 0.3) is 0 Å². The molecule has 3 rings (SSSR count). The molecule has 100 valence electrons. The summed E-state index contributed by atoms with van der Waals surface area (Å²) in [6.07, 6.45) is 4.99. The van der Waals surface area contributed by atoms with Crippen LogP contribution in [0.1, 0.15) is 31.7 Å². The van der Waals surface area contributed by atoms with Gasteiger partial charge < -0.3 is 9.80 Å². The Morgan fingerprint density at radius 1 is 1.39 bits per heavy atom. The standard InChI is InChI=1S/C12H21N5S/c1-15(2)8-10-4-3-7-16(10)11-13-14-12(18)17(11)9-5-6-9/h9-10H,3-8H2,1-2H3,(H,14,18). The molecule has 0 amide bonds. The third-order valence-corrected chi connectivity index (χ3v) is 4.10. The zero-order chi connectivity index (χ0) is 12.7. The summed E-state index contributed by atoms with van der Waals surface area (Å²) >= 11 is 5.36. The van der Waals surface area contributed by atoms with Gasteiger partial charge in [0.15, 0.2) is 4.77 Å². The van der Waals surface area contributed by atoms with E-state index in [0.717, 1.165) is 23.8 Å². The molecule has 2 aliphatic rings. The average molecular weight is 267 g/mol. The molecule has 1 saturated heterocycles. The Hall–Kier alpha value is -0.880. The Bertz CT molecular complexity index is 473. The van der Waals surface area contributed by atoms with Gasteiger partial charge in [-0.2, -0.15) is 0 Å². The fourth-order valence-electron chi connectivity index (χ4n) is 2.87. The largest absolute Gasteiger partial charge is 0.337 e. The summed E-state index contributed by atoms with van der Waals surface area (Å²) in [5.41, 5.74) is 0. The minimum atomic E-state index is 0.572. The molecule has 18 heavy (non-hydrogen) atoms. The average Bonchev–Trinajstić information content (AvgIpc) is 2.93. The zero-order valence-electron chi connectivity index (χ0n) is 11.1. The summed E-state index contributed by atoms with van der Waals surface area (Å²) < 4.78 is 3.01. The number of rotatable bonds is 4. The monoisotopic (exact) mass is 267 g/mol. The molecule has 0 aromatic carbocycles. The highest BCUT2D eigenvalue weighted by atomic mass is 32.1. The van der Waals surface area contributed by atoms with Gasteiger partial charge >= 0.3 is 0 Å². The summed E-state index contributed by atoms with van der Waals surface area (Å²) in [4.78, 5) is 4.69. The molecule has 1 N–H and O–H groups in total. The van der Waals surface area contributed by atoms with Crippen molar-refractivity contribution in [2.45, 2.75) is 37.8 Å². The van der Waals surface area contributed by atoms with E-state index in [4.69, 9.17) is 12.2 Å². The second kappa shape index (κ2) is 4.66. The molecule has 1 aliphatic carbocycles. The molecule has 6 heteroatoms. The normalized spacial score (nSPS) is 24.2. The number of nitrogens with one attached hydrogen (secondary N) is 1. The molecular formula is C12H21N5S. The molecule has 1 unspecified atom stereocenters. The molecular weight excluding hydrogens is 246 g/mol. The fourth-order valence-corrected chi connectivity index (χ4v) is 3.15. The first kappa shape index (κ1) is 12.2. The van der Waals surface area contributed by atoms with Gasteiger partial charge in [0.2, 0.25) is 5.95 Å². The van der Waals surface area contributed by atoms with Gasteiger partial charge in [0, 0.05) is 25.2 Å². The highest BCUT2D eigenvalue weighted by Gasteiger charge is 2.33. The molecule has 2 heterocycles. The van der Waals surface area contributed by atoms with Crippen molar-refractivity contribution in [3.63, 3.8) is 0 Å². The Labute approximate surface area is 113 Å². The number of aromatic nitrogens is 3. The maximum absolute atomic E-state index is 5.36. The maximum Gasteiger partial charge on any atom is 0.226 e. The van der Waals surface area contributed by atoms with Crippen molar-refractivity contribution >= 4 is 18.2 Å².